The Morgan fingerprint density at radius 3 is 2.06 bits per heavy atom. The zero-order valence-corrected chi connectivity index (χ0v) is 42.5. The van der Waals surface area contributed by atoms with E-state index in [-0.39, 0.29) is 90.7 Å². The quantitative estimate of drug-likeness (QED) is 0.0822. The van der Waals surface area contributed by atoms with Gasteiger partial charge in [-0.3, -0.25) is 33.7 Å². The first-order valence-corrected chi connectivity index (χ1v) is 25.3. The molecule has 2 saturated heterocycles. The van der Waals surface area contributed by atoms with Crippen LogP contribution in [0.1, 0.15) is 150 Å². The van der Waals surface area contributed by atoms with E-state index in [0.29, 0.717) is 32.4 Å². The second-order valence-electron chi connectivity index (χ2n) is 20.8. The lowest BCUT2D eigenvalue weighted by molar-refractivity contribution is -0.149. The fraction of sp³-hybridized carbons (Fsp3) is 0.774. The number of likely N-dealkylation sites (tertiary alicyclic amines) is 2. The molecule has 2 heterocycles. The molecule has 3 fully saturated rings. The Labute approximate surface area is 397 Å². The summed E-state index contributed by atoms with van der Waals surface area (Å²) in [6.45, 7) is 16.6. The second-order valence-corrected chi connectivity index (χ2v) is 20.8. The Kier molecular flexibility index (Phi) is 21.3. The molecule has 372 valence electrons. The van der Waals surface area contributed by atoms with Crippen molar-refractivity contribution in [2.75, 3.05) is 54.5 Å². The molecule has 66 heavy (non-hydrogen) atoms. The van der Waals surface area contributed by atoms with E-state index in [9.17, 15) is 28.8 Å². The minimum absolute atomic E-state index is 0.00874. The van der Waals surface area contributed by atoms with Crippen LogP contribution in [0.25, 0.3) is 0 Å². The third-order valence-electron chi connectivity index (χ3n) is 15.6. The molecular weight excluding hydrogens is 837 g/mol. The van der Waals surface area contributed by atoms with Crippen molar-refractivity contribution in [2.45, 2.75) is 175 Å². The van der Waals surface area contributed by atoms with Gasteiger partial charge in [0, 0.05) is 72.0 Å². The lowest BCUT2D eigenvalue weighted by Gasteiger charge is -2.41. The Hall–Kier alpha value is -3.68. The lowest BCUT2D eigenvalue weighted by Crippen LogP contribution is -2.54. The number of rotatable bonds is 28. The van der Waals surface area contributed by atoms with Crippen molar-refractivity contribution in [1.29, 1.82) is 0 Å². The number of benzene rings is 1. The number of carbonyl (C=O) groups excluding carboxylic acids is 5. The highest BCUT2D eigenvalue weighted by Gasteiger charge is 2.62. The molecule has 1 aromatic rings. The van der Waals surface area contributed by atoms with Crippen molar-refractivity contribution in [3.63, 3.8) is 0 Å². The number of hydrogen-bond acceptors (Lipinski definition) is 9. The number of carboxylic acids is 1. The number of aliphatic carboxylic acids is 1. The molecule has 1 saturated carbocycles. The van der Waals surface area contributed by atoms with Crippen molar-refractivity contribution in [3.8, 4) is 0 Å². The molecule has 4 rings (SSSR count). The predicted molar refractivity (Wildman–Crippen MR) is 258 cm³/mol. The van der Waals surface area contributed by atoms with Crippen LogP contribution in [0.15, 0.2) is 30.3 Å². The number of methoxy groups -OCH3 is 2. The van der Waals surface area contributed by atoms with Crippen LogP contribution in [0.2, 0.25) is 0 Å². The van der Waals surface area contributed by atoms with Gasteiger partial charge in [0.15, 0.2) is 5.78 Å². The van der Waals surface area contributed by atoms with Gasteiger partial charge < -0.3 is 29.3 Å². The molecule has 3 amide bonds. The van der Waals surface area contributed by atoms with Crippen LogP contribution in [-0.4, -0.2) is 145 Å². The van der Waals surface area contributed by atoms with E-state index >= 15 is 0 Å². The summed E-state index contributed by atoms with van der Waals surface area (Å²) < 4.78 is 12.3. The Morgan fingerprint density at radius 2 is 1.48 bits per heavy atom. The molecule has 10 atom stereocenters. The number of unbranched alkanes of at least 4 members (excludes halogenated alkanes) is 2. The van der Waals surface area contributed by atoms with Gasteiger partial charge in [-0.2, -0.15) is 0 Å². The summed E-state index contributed by atoms with van der Waals surface area (Å²) in [4.78, 5) is 90.6. The second kappa shape index (κ2) is 25.6. The standard InChI is InChI=1S/C53H86N4O9/c1-12-37(6)49(55(9)51(63)40(35(2)3)31-43(58)48(36(4)5)54(8)27-19-14-18-26-47(61)62)45(65-10)32-46(60)57-30-22-25-42(57)50(66-11)38(7)44(59)34-53(52(64)56-28-20-15-21-29-56)33-41(53)39-23-16-13-17-24-39/h13,16-17,23-24,35-38,40-42,45,48-50H,12,14-15,18-22,25-34H2,1-11H3,(H,61,62)/t37-,38-,40-,41+,42-,45+,48-,49-,50+,53-/m0/s1. The summed E-state index contributed by atoms with van der Waals surface area (Å²) in [6.07, 6.45) is 7.21. The van der Waals surface area contributed by atoms with E-state index in [4.69, 9.17) is 14.6 Å². The molecule has 0 radical (unpaired) electrons. The molecule has 0 bridgehead atoms. The van der Waals surface area contributed by atoms with Crippen LogP contribution in [0.5, 0.6) is 0 Å². The van der Waals surface area contributed by atoms with Gasteiger partial charge in [0.05, 0.1) is 42.2 Å². The highest BCUT2D eigenvalue weighted by atomic mass is 16.5. The average molecular weight is 923 g/mol. The van der Waals surface area contributed by atoms with Crippen LogP contribution < -0.4 is 0 Å². The van der Waals surface area contributed by atoms with Crippen molar-refractivity contribution in [2.24, 2.45) is 35.0 Å². The van der Waals surface area contributed by atoms with Crippen LogP contribution >= 0.6 is 0 Å². The number of piperidine rings is 1. The van der Waals surface area contributed by atoms with E-state index < -0.39 is 41.5 Å². The Balaban J connectivity index is 1.48. The highest BCUT2D eigenvalue weighted by Crippen LogP contribution is 2.63. The number of nitrogens with zero attached hydrogens (tertiary/aromatic N) is 4. The monoisotopic (exact) mass is 923 g/mol. The maximum atomic E-state index is 14.7. The third-order valence-corrected chi connectivity index (χ3v) is 15.6. The molecule has 13 heteroatoms. The summed E-state index contributed by atoms with van der Waals surface area (Å²) in [7, 11) is 6.89. The summed E-state index contributed by atoms with van der Waals surface area (Å²) >= 11 is 0. The van der Waals surface area contributed by atoms with Gasteiger partial charge >= 0.3 is 5.97 Å². The summed E-state index contributed by atoms with van der Waals surface area (Å²) in [5.74, 6) is -2.28. The minimum Gasteiger partial charge on any atom is -0.481 e. The summed E-state index contributed by atoms with van der Waals surface area (Å²) in [5.41, 5.74) is 0.318. The molecule has 0 unspecified atom stereocenters. The van der Waals surface area contributed by atoms with Gasteiger partial charge in [-0.1, -0.05) is 91.6 Å². The van der Waals surface area contributed by atoms with E-state index in [0.717, 1.165) is 63.6 Å². The Bertz CT molecular complexity index is 1750. The van der Waals surface area contributed by atoms with E-state index in [1.165, 1.54) is 0 Å². The molecule has 0 spiro atoms. The first-order valence-electron chi connectivity index (χ1n) is 25.3. The molecule has 3 aliphatic rings. The summed E-state index contributed by atoms with van der Waals surface area (Å²) in [5, 5.41) is 9.01. The SMILES string of the molecule is CC[C@H](C)[C@@H]([C@@H](CC(=O)N1CCC[C@H]1[C@H](OC)[C@@H](C)C(=O)C[C@@]1(C(=O)N2CCCCC2)C[C@@H]1c1ccccc1)OC)N(C)C(=O)[C@@H](CC(=O)[C@H](C(C)C)N(C)CCCCCC(=O)O)C(C)C. The van der Waals surface area contributed by atoms with E-state index in [1.807, 2.05) is 74.6 Å². The van der Waals surface area contributed by atoms with E-state index in [2.05, 4.69) is 26.0 Å². The van der Waals surface area contributed by atoms with Crippen molar-refractivity contribution < 1.29 is 43.3 Å². The maximum Gasteiger partial charge on any atom is 0.303 e. The minimum atomic E-state index is -0.805. The highest BCUT2D eigenvalue weighted by molar-refractivity contribution is 5.95. The van der Waals surface area contributed by atoms with Crippen LogP contribution in [-0.2, 0) is 38.2 Å². The topological polar surface area (TPSA) is 154 Å². The zero-order chi connectivity index (χ0) is 48.9. The van der Waals surface area contributed by atoms with Gasteiger partial charge in [0.25, 0.3) is 0 Å². The van der Waals surface area contributed by atoms with Gasteiger partial charge in [-0.25, -0.2) is 0 Å². The number of ketones is 2. The molecule has 0 aromatic heterocycles. The van der Waals surface area contributed by atoms with Gasteiger partial charge in [0.2, 0.25) is 17.7 Å². The predicted octanol–water partition coefficient (Wildman–Crippen LogP) is 7.89. The first kappa shape index (κ1) is 54.9. The van der Waals surface area contributed by atoms with Crippen molar-refractivity contribution in [1.82, 2.24) is 19.6 Å². The van der Waals surface area contributed by atoms with Crippen LogP contribution in [0.4, 0.5) is 0 Å². The molecule has 2 aliphatic heterocycles. The molecular formula is C53H86N4O9. The van der Waals surface area contributed by atoms with E-state index in [1.54, 1.807) is 26.2 Å². The van der Waals surface area contributed by atoms with Crippen LogP contribution in [0, 0.1) is 35.0 Å². The Morgan fingerprint density at radius 1 is 0.818 bits per heavy atom. The molecule has 13 nitrogen and oxygen atoms in total. The van der Waals surface area contributed by atoms with Crippen LogP contribution in [0.3, 0.4) is 0 Å². The third kappa shape index (κ3) is 13.7. The number of Topliss-reactive ketones (excluding diaryl/α,β-unsaturated/α-hetero) is 2. The lowest BCUT2D eigenvalue weighted by atomic mass is 9.83. The van der Waals surface area contributed by atoms with Crippen molar-refractivity contribution in [3.05, 3.63) is 35.9 Å². The summed E-state index contributed by atoms with van der Waals surface area (Å²) in [6, 6.07) is 8.89. The number of hydrogen-bond donors (Lipinski definition) is 1. The van der Waals surface area contributed by atoms with Crippen molar-refractivity contribution >= 4 is 35.3 Å². The number of ether oxygens (including phenoxy) is 2. The average Bonchev–Trinajstić information content (AvgIpc) is 3.82. The fourth-order valence-electron chi connectivity index (χ4n) is 11.4. The normalized spacial score (nSPS) is 23.0. The molecule has 1 aromatic carbocycles. The molecule has 1 N–H and O–H groups in total. The maximum absolute atomic E-state index is 14.7. The number of likely N-dealkylation sites (N-methyl/N-ethyl adjacent to an activating group) is 2. The van der Waals surface area contributed by atoms with Gasteiger partial charge in [0.1, 0.15) is 5.78 Å². The van der Waals surface area contributed by atoms with Gasteiger partial charge in [-0.05, 0) is 94.2 Å². The number of carbonyl (C=O) groups is 6. The largest absolute Gasteiger partial charge is 0.481 e. The number of amides is 3. The first-order chi connectivity index (χ1) is 31.3. The zero-order valence-electron chi connectivity index (χ0n) is 42.5. The smallest absolute Gasteiger partial charge is 0.303 e. The molecule has 1 aliphatic carbocycles. The fourth-order valence-corrected chi connectivity index (χ4v) is 11.4. The number of carboxylic acid groups (broad SMARTS) is 1. The van der Waals surface area contributed by atoms with Gasteiger partial charge in [-0.15, -0.1) is 0 Å².